The summed E-state index contributed by atoms with van der Waals surface area (Å²) in [5, 5.41) is 2.45. The summed E-state index contributed by atoms with van der Waals surface area (Å²) in [5.41, 5.74) is 1.69. The fourth-order valence-electron chi connectivity index (χ4n) is 2.05. The summed E-state index contributed by atoms with van der Waals surface area (Å²) in [7, 11) is 0. The summed E-state index contributed by atoms with van der Waals surface area (Å²) in [5.74, 6) is 1.76. The highest BCUT2D eigenvalue weighted by atomic mass is 16.6. The second-order valence-corrected chi connectivity index (χ2v) is 5.26. The molecule has 128 valence electrons. The Morgan fingerprint density at radius 3 is 1.96 bits per heavy atom. The monoisotopic (exact) mass is 337 g/mol. The minimum absolute atomic E-state index is 0.0219. The summed E-state index contributed by atoms with van der Waals surface area (Å²) >= 11 is 0. The van der Waals surface area contributed by atoms with Crippen molar-refractivity contribution in [3.63, 3.8) is 0 Å². The van der Waals surface area contributed by atoms with Crippen molar-refractivity contribution in [2.45, 2.75) is 25.7 Å². The fourth-order valence-corrected chi connectivity index (χ4v) is 2.05. The Balaban J connectivity index is 1.83. The van der Waals surface area contributed by atoms with Gasteiger partial charge in [0, 0.05) is 6.42 Å². The number of terminal acetylenes is 1. The molecule has 0 radical (unpaired) electrons. The lowest BCUT2D eigenvalue weighted by Crippen LogP contribution is -2.41. The number of benzene rings is 2. The van der Waals surface area contributed by atoms with Crippen molar-refractivity contribution in [3.05, 3.63) is 71.8 Å². The third-order valence-electron chi connectivity index (χ3n) is 3.34. The molecule has 1 N–H and O–H groups in total. The van der Waals surface area contributed by atoms with E-state index in [1.165, 1.54) is 0 Å². The highest BCUT2D eigenvalue weighted by Gasteiger charge is 2.22. The first-order chi connectivity index (χ1) is 12.2. The summed E-state index contributed by atoms with van der Waals surface area (Å²) in [6.45, 7) is 0.218. The first-order valence-corrected chi connectivity index (χ1v) is 7.80. The van der Waals surface area contributed by atoms with E-state index in [0.29, 0.717) is 0 Å². The quantitative estimate of drug-likeness (QED) is 0.623. The lowest BCUT2D eigenvalue weighted by Gasteiger charge is -2.15. The molecule has 0 saturated heterocycles. The van der Waals surface area contributed by atoms with E-state index in [9.17, 15) is 9.59 Å². The lowest BCUT2D eigenvalue weighted by atomic mass is 10.2. The van der Waals surface area contributed by atoms with Gasteiger partial charge in [0.1, 0.15) is 19.3 Å². The van der Waals surface area contributed by atoms with Crippen LogP contribution >= 0.6 is 0 Å². The summed E-state index contributed by atoms with van der Waals surface area (Å²) in [6.07, 6.45) is 4.57. The average Bonchev–Trinajstić information content (AvgIpc) is 2.66. The van der Waals surface area contributed by atoms with Crippen LogP contribution in [0.25, 0.3) is 0 Å². The Morgan fingerprint density at radius 2 is 1.44 bits per heavy atom. The molecule has 0 aromatic heterocycles. The fraction of sp³-hybridized carbons (Fsp3) is 0.200. The first kappa shape index (κ1) is 18.1. The summed E-state index contributed by atoms with van der Waals surface area (Å²) in [4.78, 5) is 24.0. The Bertz CT molecular complexity index is 722. The number of amides is 1. The second-order valence-electron chi connectivity index (χ2n) is 5.26. The number of esters is 1. The van der Waals surface area contributed by atoms with Crippen molar-refractivity contribution in [1.29, 1.82) is 0 Å². The van der Waals surface area contributed by atoms with Crippen LogP contribution in [0.1, 0.15) is 17.5 Å². The lowest BCUT2D eigenvalue weighted by molar-refractivity contribution is -0.147. The van der Waals surface area contributed by atoms with Crippen LogP contribution in [0.3, 0.4) is 0 Å². The average molecular weight is 337 g/mol. The van der Waals surface area contributed by atoms with Gasteiger partial charge in [0.2, 0.25) is 0 Å². The van der Waals surface area contributed by atoms with Gasteiger partial charge < -0.3 is 14.8 Å². The summed E-state index contributed by atoms with van der Waals surface area (Å²) in [6, 6.07) is 17.5. The highest BCUT2D eigenvalue weighted by Crippen LogP contribution is 2.05. The molecule has 0 spiro atoms. The van der Waals surface area contributed by atoms with Crippen LogP contribution in [0.4, 0.5) is 4.79 Å². The van der Waals surface area contributed by atoms with Gasteiger partial charge in [-0.25, -0.2) is 9.59 Å². The smallest absolute Gasteiger partial charge is 0.408 e. The third-order valence-corrected chi connectivity index (χ3v) is 3.34. The molecule has 1 amide bonds. The van der Waals surface area contributed by atoms with E-state index in [4.69, 9.17) is 15.9 Å². The van der Waals surface area contributed by atoms with E-state index in [2.05, 4.69) is 11.2 Å². The molecule has 0 fully saturated rings. The molecule has 5 nitrogen and oxygen atoms in total. The zero-order chi connectivity index (χ0) is 17.9. The Morgan fingerprint density at radius 1 is 0.920 bits per heavy atom. The van der Waals surface area contributed by atoms with Crippen molar-refractivity contribution in [2.75, 3.05) is 0 Å². The molecule has 5 heteroatoms. The zero-order valence-corrected chi connectivity index (χ0v) is 13.7. The van der Waals surface area contributed by atoms with Gasteiger partial charge in [-0.2, -0.15) is 0 Å². The van der Waals surface area contributed by atoms with Crippen molar-refractivity contribution >= 4 is 12.1 Å². The van der Waals surface area contributed by atoms with E-state index in [1.807, 2.05) is 60.7 Å². The van der Waals surface area contributed by atoms with E-state index >= 15 is 0 Å². The van der Waals surface area contributed by atoms with Crippen LogP contribution in [0, 0.1) is 12.3 Å². The molecular weight excluding hydrogens is 318 g/mol. The maximum absolute atomic E-state index is 12.1. The van der Waals surface area contributed by atoms with Gasteiger partial charge >= 0.3 is 12.1 Å². The normalized spacial score (nSPS) is 11.0. The Labute approximate surface area is 147 Å². The molecule has 0 heterocycles. The van der Waals surface area contributed by atoms with Gasteiger partial charge in [-0.3, -0.25) is 0 Å². The molecule has 0 aliphatic heterocycles. The number of hydrogen-bond donors (Lipinski definition) is 1. The Kier molecular flexibility index (Phi) is 7.08. The molecule has 2 aromatic rings. The number of ether oxygens (including phenoxy) is 2. The molecule has 0 aliphatic carbocycles. The molecule has 0 aliphatic rings. The van der Waals surface area contributed by atoms with E-state index < -0.39 is 18.1 Å². The van der Waals surface area contributed by atoms with Crippen LogP contribution < -0.4 is 5.32 Å². The molecular formula is C20H19NO4. The largest absolute Gasteiger partial charge is 0.459 e. The molecule has 1 atom stereocenters. The minimum atomic E-state index is -0.947. The number of hydrogen-bond acceptors (Lipinski definition) is 4. The Hall–Kier alpha value is -3.26. The van der Waals surface area contributed by atoms with Crippen LogP contribution in [-0.2, 0) is 27.5 Å². The van der Waals surface area contributed by atoms with Gasteiger partial charge in [-0.1, -0.05) is 60.7 Å². The van der Waals surface area contributed by atoms with Crippen LogP contribution in [0.5, 0.6) is 0 Å². The molecule has 0 unspecified atom stereocenters. The maximum atomic E-state index is 12.1. The second kappa shape index (κ2) is 9.78. The van der Waals surface area contributed by atoms with Crippen LogP contribution in [-0.4, -0.2) is 18.1 Å². The van der Waals surface area contributed by atoms with Crippen LogP contribution in [0.2, 0.25) is 0 Å². The maximum Gasteiger partial charge on any atom is 0.408 e. The van der Waals surface area contributed by atoms with E-state index in [0.717, 1.165) is 11.1 Å². The third kappa shape index (κ3) is 6.40. The zero-order valence-electron chi connectivity index (χ0n) is 13.7. The van der Waals surface area contributed by atoms with Gasteiger partial charge in [-0.05, 0) is 11.1 Å². The number of nitrogens with one attached hydrogen (secondary N) is 1. The number of carbonyl (C=O) groups is 2. The predicted molar refractivity (Wildman–Crippen MR) is 93.2 cm³/mol. The van der Waals surface area contributed by atoms with Gasteiger partial charge in [0.05, 0.1) is 0 Å². The first-order valence-electron chi connectivity index (χ1n) is 7.80. The number of rotatable bonds is 7. The number of carbonyl (C=O) groups excluding carboxylic acids is 2. The van der Waals surface area contributed by atoms with Gasteiger partial charge in [0.25, 0.3) is 0 Å². The minimum Gasteiger partial charge on any atom is -0.459 e. The predicted octanol–water partition coefficient (Wildman–Crippen LogP) is 3.05. The molecule has 0 bridgehead atoms. The standard InChI is InChI=1S/C20H19NO4/c1-2-9-18(19(22)24-14-16-10-5-3-6-11-16)21-20(23)25-15-17-12-7-4-8-13-17/h1,3-8,10-13,18H,9,14-15H2,(H,21,23)/t18-/m0/s1. The van der Waals surface area contributed by atoms with Gasteiger partial charge in [0.15, 0.2) is 0 Å². The van der Waals surface area contributed by atoms with Crippen molar-refractivity contribution in [2.24, 2.45) is 0 Å². The molecule has 2 aromatic carbocycles. The SMILES string of the molecule is C#CC[C@H](NC(=O)OCc1ccccc1)C(=O)OCc1ccccc1. The van der Waals surface area contributed by atoms with Crippen LogP contribution in [0.15, 0.2) is 60.7 Å². The molecule has 25 heavy (non-hydrogen) atoms. The van der Waals surface area contributed by atoms with Crippen molar-refractivity contribution in [3.8, 4) is 12.3 Å². The van der Waals surface area contributed by atoms with E-state index in [1.54, 1.807) is 0 Å². The highest BCUT2D eigenvalue weighted by molar-refractivity contribution is 5.81. The number of alkyl carbamates (subject to hydrolysis) is 1. The van der Waals surface area contributed by atoms with Crippen molar-refractivity contribution < 1.29 is 19.1 Å². The van der Waals surface area contributed by atoms with Crippen molar-refractivity contribution in [1.82, 2.24) is 5.32 Å². The van der Waals surface area contributed by atoms with Gasteiger partial charge in [-0.15, -0.1) is 12.3 Å². The topological polar surface area (TPSA) is 64.6 Å². The molecule has 0 saturated carbocycles. The van der Waals surface area contributed by atoms with E-state index in [-0.39, 0.29) is 19.6 Å². The molecule has 2 rings (SSSR count). The summed E-state index contributed by atoms with van der Waals surface area (Å²) < 4.78 is 10.3.